The predicted octanol–water partition coefficient (Wildman–Crippen LogP) is 4.07. The molecule has 23 heavy (non-hydrogen) atoms. The van der Waals surface area contributed by atoms with Gasteiger partial charge in [-0.05, 0) is 36.1 Å². The number of benzene rings is 1. The molecule has 1 heterocycles. The summed E-state index contributed by atoms with van der Waals surface area (Å²) in [5.74, 6) is 0.574. The third-order valence-corrected chi connectivity index (χ3v) is 3.92. The summed E-state index contributed by atoms with van der Waals surface area (Å²) in [5, 5.41) is 9.34. The number of unbranched alkanes of at least 4 members (excludes halogenated alkanes) is 1. The first-order valence-electron chi connectivity index (χ1n) is 8.11. The van der Waals surface area contributed by atoms with Crippen molar-refractivity contribution in [3.05, 3.63) is 29.5 Å². The Morgan fingerprint density at radius 2 is 2.13 bits per heavy atom. The van der Waals surface area contributed by atoms with E-state index in [1.165, 1.54) is 6.08 Å². The van der Waals surface area contributed by atoms with E-state index < -0.39 is 5.97 Å². The van der Waals surface area contributed by atoms with Gasteiger partial charge in [-0.25, -0.2) is 4.79 Å². The van der Waals surface area contributed by atoms with Gasteiger partial charge in [0.25, 0.3) is 0 Å². The van der Waals surface area contributed by atoms with Gasteiger partial charge >= 0.3 is 5.97 Å². The van der Waals surface area contributed by atoms with Crippen LogP contribution in [-0.2, 0) is 9.53 Å². The van der Waals surface area contributed by atoms with Gasteiger partial charge in [0.2, 0.25) is 12.6 Å². The fraction of sp³-hybridized carbons (Fsp3) is 0.500. The van der Waals surface area contributed by atoms with Crippen LogP contribution < -0.4 is 9.47 Å². The van der Waals surface area contributed by atoms with Gasteiger partial charge < -0.3 is 19.3 Å². The highest BCUT2D eigenvalue weighted by molar-refractivity contribution is 5.90. The molecule has 1 aromatic rings. The second kappa shape index (κ2) is 8.46. The summed E-state index contributed by atoms with van der Waals surface area (Å²) >= 11 is 0. The van der Waals surface area contributed by atoms with Gasteiger partial charge in [-0.1, -0.05) is 39.2 Å². The van der Waals surface area contributed by atoms with Crippen LogP contribution in [0.2, 0.25) is 0 Å². The maximum atomic E-state index is 11.4. The lowest BCUT2D eigenvalue weighted by atomic mass is 10.0. The first kappa shape index (κ1) is 17.2. The molecule has 0 radical (unpaired) electrons. The molecule has 5 heteroatoms. The lowest BCUT2D eigenvalue weighted by Gasteiger charge is -2.15. The fourth-order valence-corrected chi connectivity index (χ4v) is 2.43. The monoisotopic (exact) mass is 320 g/mol. The SMILES string of the molecule is CCCCC(CC)COC(=Cc1ccc2c(c1)OCO2)C(=O)O. The molecule has 1 aliphatic rings. The van der Waals surface area contributed by atoms with Crippen LogP contribution in [0.5, 0.6) is 11.5 Å². The second-order valence-corrected chi connectivity index (χ2v) is 5.65. The zero-order valence-corrected chi connectivity index (χ0v) is 13.7. The molecule has 126 valence electrons. The summed E-state index contributed by atoms with van der Waals surface area (Å²) in [7, 11) is 0. The molecule has 0 aliphatic carbocycles. The number of carboxylic acid groups (broad SMARTS) is 1. The van der Waals surface area contributed by atoms with Crippen LogP contribution in [0.25, 0.3) is 6.08 Å². The van der Waals surface area contributed by atoms with Crippen molar-refractivity contribution in [3.63, 3.8) is 0 Å². The number of fused-ring (bicyclic) bond motifs is 1. The number of carboxylic acids is 1. The summed E-state index contributed by atoms with van der Waals surface area (Å²) in [5.41, 5.74) is 0.716. The Morgan fingerprint density at radius 1 is 1.35 bits per heavy atom. The molecule has 0 fully saturated rings. The molecule has 2 rings (SSSR count). The van der Waals surface area contributed by atoms with Gasteiger partial charge in [0.15, 0.2) is 11.5 Å². The van der Waals surface area contributed by atoms with Crippen LogP contribution in [0.4, 0.5) is 0 Å². The zero-order chi connectivity index (χ0) is 16.7. The Balaban J connectivity index is 2.04. The van der Waals surface area contributed by atoms with Crippen molar-refractivity contribution in [1.82, 2.24) is 0 Å². The molecule has 1 aliphatic heterocycles. The normalized spacial score (nSPS) is 14.6. The quantitative estimate of drug-likeness (QED) is 0.549. The van der Waals surface area contributed by atoms with E-state index in [2.05, 4.69) is 13.8 Å². The zero-order valence-electron chi connectivity index (χ0n) is 13.7. The summed E-state index contributed by atoms with van der Waals surface area (Å²) in [6.07, 6.45) is 5.84. The molecule has 1 aromatic carbocycles. The highest BCUT2D eigenvalue weighted by atomic mass is 16.7. The minimum atomic E-state index is -1.06. The van der Waals surface area contributed by atoms with Crippen LogP contribution in [0.15, 0.2) is 24.0 Å². The highest BCUT2D eigenvalue weighted by Crippen LogP contribution is 2.33. The molecule has 0 bridgehead atoms. The molecule has 5 nitrogen and oxygen atoms in total. The summed E-state index contributed by atoms with van der Waals surface area (Å²) in [4.78, 5) is 11.4. The Labute approximate surface area is 136 Å². The minimum Gasteiger partial charge on any atom is -0.486 e. The highest BCUT2D eigenvalue weighted by Gasteiger charge is 2.16. The van der Waals surface area contributed by atoms with Crippen LogP contribution in [0, 0.1) is 5.92 Å². The molecule has 0 spiro atoms. The van der Waals surface area contributed by atoms with Gasteiger partial charge in [0.05, 0.1) is 6.61 Å². The first-order chi connectivity index (χ1) is 11.1. The van der Waals surface area contributed by atoms with Gasteiger partial charge in [-0.2, -0.15) is 0 Å². The Hall–Kier alpha value is -2.17. The Bertz CT molecular complexity index is 565. The van der Waals surface area contributed by atoms with E-state index in [-0.39, 0.29) is 12.6 Å². The first-order valence-corrected chi connectivity index (χ1v) is 8.11. The molecular formula is C18H24O5. The van der Waals surface area contributed by atoms with Crippen LogP contribution in [0.1, 0.15) is 45.1 Å². The molecule has 1 unspecified atom stereocenters. The molecule has 0 saturated carbocycles. The van der Waals surface area contributed by atoms with Gasteiger partial charge in [-0.15, -0.1) is 0 Å². The lowest BCUT2D eigenvalue weighted by Crippen LogP contribution is -2.13. The topological polar surface area (TPSA) is 65.0 Å². The molecule has 1 atom stereocenters. The van der Waals surface area contributed by atoms with Gasteiger partial charge in [0.1, 0.15) is 0 Å². The van der Waals surface area contributed by atoms with E-state index in [0.717, 1.165) is 25.7 Å². The molecule has 0 saturated heterocycles. The number of rotatable bonds is 9. The summed E-state index contributed by atoms with van der Waals surface area (Å²) in [6.45, 7) is 4.88. The molecular weight excluding hydrogens is 296 g/mol. The average molecular weight is 320 g/mol. The second-order valence-electron chi connectivity index (χ2n) is 5.65. The predicted molar refractivity (Wildman–Crippen MR) is 87.4 cm³/mol. The van der Waals surface area contributed by atoms with Crippen molar-refractivity contribution < 1.29 is 24.1 Å². The maximum Gasteiger partial charge on any atom is 0.371 e. The number of hydrogen-bond donors (Lipinski definition) is 1. The van der Waals surface area contributed by atoms with Gasteiger partial charge in [0, 0.05) is 0 Å². The molecule has 0 aromatic heterocycles. The maximum absolute atomic E-state index is 11.4. The number of ether oxygens (including phenoxy) is 3. The van der Waals surface area contributed by atoms with Crippen molar-refractivity contribution in [3.8, 4) is 11.5 Å². The summed E-state index contributed by atoms with van der Waals surface area (Å²) < 4.78 is 16.1. The smallest absolute Gasteiger partial charge is 0.371 e. The van der Waals surface area contributed by atoms with E-state index in [9.17, 15) is 9.90 Å². The minimum absolute atomic E-state index is 0.0428. The Kier molecular flexibility index (Phi) is 6.32. The van der Waals surface area contributed by atoms with Crippen molar-refractivity contribution in [2.24, 2.45) is 5.92 Å². The van der Waals surface area contributed by atoms with Crippen molar-refractivity contribution in [1.29, 1.82) is 0 Å². The van der Waals surface area contributed by atoms with Crippen LogP contribution >= 0.6 is 0 Å². The van der Waals surface area contributed by atoms with E-state index in [0.29, 0.717) is 29.6 Å². The lowest BCUT2D eigenvalue weighted by molar-refractivity contribution is -0.136. The number of carbonyl (C=O) groups is 1. The summed E-state index contributed by atoms with van der Waals surface area (Å²) in [6, 6.07) is 5.31. The van der Waals surface area contributed by atoms with E-state index >= 15 is 0 Å². The third-order valence-electron chi connectivity index (χ3n) is 3.92. The van der Waals surface area contributed by atoms with Gasteiger partial charge in [-0.3, -0.25) is 0 Å². The number of aliphatic carboxylic acids is 1. The Morgan fingerprint density at radius 3 is 2.83 bits per heavy atom. The van der Waals surface area contributed by atoms with E-state index in [4.69, 9.17) is 14.2 Å². The molecule has 1 N–H and O–H groups in total. The molecule has 0 amide bonds. The van der Waals surface area contributed by atoms with Crippen LogP contribution in [0.3, 0.4) is 0 Å². The fourth-order valence-electron chi connectivity index (χ4n) is 2.43. The number of hydrogen-bond acceptors (Lipinski definition) is 4. The largest absolute Gasteiger partial charge is 0.486 e. The van der Waals surface area contributed by atoms with Crippen molar-refractivity contribution in [2.45, 2.75) is 39.5 Å². The van der Waals surface area contributed by atoms with E-state index in [1.807, 2.05) is 0 Å². The average Bonchev–Trinajstić information content (AvgIpc) is 3.01. The third kappa shape index (κ3) is 4.91. The standard InChI is InChI=1S/C18H24O5/c1-3-5-6-13(4-2)11-21-17(18(19)20)10-14-7-8-15-16(9-14)23-12-22-15/h7-10,13H,3-6,11-12H2,1-2H3,(H,19,20). The van der Waals surface area contributed by atoms with Crippen molar-refractivity contribution >= 4 is 12.0 Å². The van der Waals surface area contributed by atoms with Crippen LogP contribution in [-0.4, -0.2) is 24.5 Å². The van der Waals surface area contributed by atoms with Crippen molar-refractivity contribution in [2.75, 3.05) is 13.4 Å². The van der Waals surface area contributed by atoms with E-state index in [1.54, 1.807) is 18.2 Å².